The van der Waals surface area contributed by atoms with Crippen LogP contribution in [-0.4, -0.2) is 47.2 Å². The fourth-order valence-corrected chi connectivity index (χ4v) is 3.05. The van der Waals surface area contributed by atoms with Crippen molar-refractivity contribution in [1.29, 1.82) is 0 Å². The van der Waals surface area contributed by atoms with Crippen LogP contribution in [0.4, 0.5) is 0 Å². The molecule has 0 aliphatic carbocycles. The summed E-state index contributed by atoms with van der Waals surface area (Å²) in [7, 11) is 0. The molecular formula is C17H26N2O2. The smallest absolute Gasteiger partial charge is 0.234 e. The number of aliphatic hydroxyl groups is 1. The summed E-state index contributed by atoms with van der Waals surface area (Å²) in [4.78, 5) is 14.1. The Hall–Kier alpha value is -1.39. The van der Waals surface area contributed by atoms with Gasteiger partial charge >= 0.3 is 0 Å². The van der Waals surface area contributed by atoms with E-state index in [0.29, 0.717) is 13.1 Å². The quantitative estimate of drug-likeness (QED) is 0.836. The highest BCUT2D eigenvalue weighted by Crippen LogP contribution is 2.26. The first-order valence-corrected chi connectivity index (χ1v) is 7.74. The molecule has 1 unspecified atom stereocenters. The molecule has 1 heterocycles. The predicted octanol–water partition coefficient (Wildman–Crippen LogP) is 1.58. The Morgan fingerprint density at radius 2 is 2.10 bits per heavy atom. The zero-order valence-electron chi connectivity index (χ0n) is 13.0. The first-order chi connectivity index (χ1) is 9.97. The van der Waals surface area contributed by atoms with Crippen LogP contribution in [0.2, 0.25) is 0 Å². The lowest BCUT2D eigenvalue weighted by atomic mass is 9.97. The number of rotatable bonds is 6. The van der Waals surface area contributed by atoms with Gasteiger partial charge in [0.05, 0.1) is 12.1 Å². The van der Waals surface area contributed by atoms with E-state index in [-0.39, 0.29) is 11.9 Å². The minimum absolute atomic E-state index is 0.0436. The van der Waals surface area contributed by atoms with E-state index in [0.717, 1.165) is 25.8 Å². The van der Waals surface area contributed by atoms with Crippen LogP contribution in [0.5, 0.6) is 0 Å². The Kier molecular flexibility index (Phi) is 5.37. The van der Waals surface area contributed by atoms with Crippen molar-refractivity contribution in [2.24, 2.45) is 0 Å². The average molecular weight is 290 g/mol. The van der Waals surface area contributed by atoms with Crippen LogP contribution in [-0.2, 0) is 11.2 Å². The summed E-state index contributed by atoms with van der Waals surface area (Å²) >= 11 is 0. The molecule has 4 nitrogen and oxygen atoms in total. The van der Waals surface area contributed by atoms with Gasteiger partial charge < -0.3 is 10.4 Å². The molecule has 0 spiro atoms. The second-order valence-corrected chi connectivity index (χ2v) is 6.37. The van der Waals surface area contributed by atoms with Gasteiger partial charge in [-0.3, -0.25) is 9.69 Å². The predicted molar refractivity (Wildman–Crippen MR) is 84.0 cm³/mol. The van der Waals surface area contributed by atoms with Gasteiger partial charge in [-0.15, -0.1) is 0 Å². The van der Waals surface area contributed by atoms with E-state index < -0.39 is 5.60 Å². The number of likely N-dealkylation sites (tertiary alicyclic amines) is 1. The molecule has 1 atom stereocenters. The molecule has 1 fully saturated rings. The SMILES string of the molecule is CC(C)(O)C1CCCN1CC(=O)NCCc1ccccc1. The summed E-state index contributed by atoms with van der Waals surface area (Å²) in [5.74, 6) is 0.0436. The maximum absolute atomic E-state index is 12.0. The molecule has 4 heteroatoms. The van der Waals surface area contributed by atoms with Gasteiger partial charge in [-0.05, 0) is 45.2 Å². The topological polar surface area (TPSA) is 52.6 Å². The van der Waals surface area contributed by atoms with Crippen molar-refractivity contribution in [3.63, 3.8) is 0 Å². The van der Waals surface area contributed by atoms with Crippen LogP contribution < -0.4 is 5.32 Å². The van der Waals surface area contributed by atoms with Crippen molar-refractivity contribution in [3.8, 4) is 0 Å². The molecule has 2 rings (SSSR count). The van der Waals surface area contributed by atoms with E-state index in [4.69, 9.17) is 0 Å². The first kappa shape index (κ1) is 16.0. The Bertz CT molecular complexity index is 454. The van der Waals surface area contributed by atoms with Gasteiger partial charge in [0.15, 0.2) is 0 Å². The zero-order valence-corrected chi connectivity index (χ0v) is 13.0. The summed E-state index contributed by atoms with van der Waals surface area (Å²) < 4.78 is 0. The van der Waals surface area contributed by atoms with Crippen LogP contribution in [0.25, 0.3) is 0 Å². The second kappa shape index (κ2) is 7.05. The average Bonchev–Trinajstić information content (AvgIpc) is 2.88. The summed E-state index contributed by atoms with van der Waals surface area (Å²) in [6.45, 7) is 5.57. The third kappa shape index (κ3) is 4.83. The molecule has 21 heavy (non-hydrogen) atoms. The number of hydrogen-bond donors (Lipinski definition) is 2. The summed E-state index contributed by atoms with van der Waals surface area (Å²) in [5.41, 5.74) is 0.481. The van der Waals surface area contributed by atoms with Gasteiger partial charge in [0.2, 0.25) is 5.91 Å². The Morgan fingerprint density at radius 1 is 1.38 bits per heavy atom. The van der Waals surface area contributed by atoms with Crippen LogP contribution in [0.3, 0.4) is 0 Å². The Labute approximate surface area is 127 Å². The molecule has 1 amide bonds. The molecule has 0 bridgehead atoms. The normalized spacial score (nSPS) is 19.7. The highest BCUT2D eigenvalue weighted by molar-refractivity contribution is 5.78. The van der Waals surface area contributed by atoms with E-state index >= 15 is 0 Å². The first-order valence-electron chi connectivity index (χ1n) is 7.74. The lowest BCUT2D eigenvalue weighted by Crippen LogP contribution is -2.49. The number of nitrogens with zero attached hydrogens (tertiary/aromatic N) is 1. The summed E-state index contributed by atoms with van der Waals surface area (Å²) in [6.07, 6.45) is 2.86. The van der Waals surface area contributed by atoms with Crippen molar-refractivity contribution in [3.05, 3.63) is 35.9 Å². The molecule has 1 aromatic rings. The number of benzene rings is 1. The van der Waals surface area contributed by atoms with Crippen molar-refractivity contribution in [2.75, 3.05) is 19.6 Å². The van der Waals surface area contributed by atoms with Gasteiger partial charge in [0, 0.05) is 12.6 Å². The lowest BCUT2D eigenvalue weighted by molar-refractivity contribution is -0.123. The minimum atomic E-state index is -0.749. The third-order valence-corrected chi connectivity index (χ3v) is 4.10. The maximum Gasteiger partial charge on any atom is 0.234 e. The Morgan fingerprint density at radius 3 is 2.76 bits per heavy atom. The van der Waals surface area contributed by atoms with E-state index in [1.54, 1.807) is 0 Å². The minimum Gasteiger partial charge on any atom is -0.389 e. The van der Waals surface area contributed by atoms with Crippen molar-refractivity contribution < 1.29 is 9.90 Å². The van der Waals surface area contributed by atoms with Crippen LogP contribution in [0.1, 0.15) is 32.3 Å². The number of carbonyl (C=O) groups excluding carboxylic acids is 1. The van der Waals surface area contributed by atoms with Gasteiger partial charge in [0.25, 0.3) is 0 Å². The van der Waals surface area contributed by atoms with E-state index in [1.165, 1.54) is 5.56 Å². The van der Waals surface area contributed by atoms with E-state index in [9.17, 15) is 9.90 Å². The van der Waals surface area contributed by atoms with Crippen molar-refractivity contribution >= 4 is 5.91 Å². The molecule has 1 aromatic carbocycles. The lowest BCUT2D eigenvalue weighted by Gasteiger charge is -2.33. The Balaban J connectivity index is 1.74. The van der Waals surface area contributed by atoms with Gasteiger partial charge in [0.1, 0.15) is 0 Å². The number of carbonyl (C=O) groups is 1. The van der Waals surface area contributed by atoms with Crippen molar-refractivity contribution in [1.82, 2.24) is 10.2 Å². The largest absolute Gasteiger partial charge is 0.389 e. The van der Waals surface area contributed by atoms with Crippen LogP contribution >= 0.6 is 0 Å². The molecule has 0 radical (unpaired) electrons. The molecule has 1 aliphatic rings. The highest BCUT2D eigenvalue weighted by Gasteiger charge is 2.36. The molecule has 116 valence electrons. The highest BCUT2D eigenvalue weighted by atomic mass is 16.3. The monoisotopic (exact) mass is 290 g/mol. The van der Waals surface area contributed by atoms with Crippen LogP contribution in [0.15, 0.2) is 30.3 Å². The molecule has 1 saturated heterocycles. The van der Waals surface area contributed by atoms with Crippen molar-refractivity contribution in [2.45, 2.75) is 44.8 Å². The summed E-state index contributed by atoms with van der Waals surface area (Å²) in [6, 6.07) is 10.2. The number of nitrogens with one attached hydrogen (secondary N) is 1. The standard InChI is InChI=1S/C17H26N2O2/c1-17(2,21)15-9-6-12-19(15)13-16(20)18-11-10-14-7-4-3-5-8-14/h3-5,7-8,15,21H,6,9-13H2,1-2H3,(H,18,20). The molecule has 0 aromatic heterocycles. The molecule has 2 N–H and O–H groups in total. The fraction of sp³-hybridized carbons (Fsp3) is 0.588. The van der Waals surface area contributed by atoms with E-state index in [1.807, 2.05) is 32.0 Å². The molecule has 0 saturated carbocycles. The summed E-state index contributed by atoms with van der Waals surface area (Å²) in [5, 5.41) is 13.1. The van der Waals surface area contributed by atoms with Gasteiger partial charge in [-0.1, -0.05) is 30.3 Å². The number of amides is 1. The molecule has 1 aliphatic heterocycles. The van der Waals surface area contributed by atoms with Gasteiger partial charge in [-0.2, -0.15) is 0 Å². The van der Waals surface area contributed by atoms with E-state index in [2.05, 4.69) is 22.3 Å². The fourth-order valence-electron chi connectivity index (χ4n) is 3.05. The number of hydrogen-bond acceptors (Lipinski definition) is 3. The second-order valence-electron chi connectivity index (χ2n) is 6.37. The van der Waals surface area contributed by atoms with Gasteiger partial charge in [-0.25, -0.2) is 0 Å². The zero-order chi connectivity index (χ0) is 15.3. The molecular weight excluding hydrogens is 264 g/mol. The third-order valence-electron chi connectivity index (χ3n) is 4.10. The maximum atomic E-state index is 12.0. The van der Waals surface area contributed by atoms with Crippen LogP contribution in [0, 0.1) is 0 Å².